The van der Waals surface area contributed by atoms with Crippen molar-refractivity contribution in [2.24, 2.45) is 11.7 Å². The van der Waals surface area contributed by atoms with E-state index < -0.39 is 0 Å². The maximum absolute atomic E-state index is 12.0. The molecule has 1 saturated carbocycles. The minimum Gasteiger partial charge on any atom is -0.356 e. The number of carbonyl (C=O) groups excluding carboxylic acids is 1. The third-order valence-electron chi connectivity index (χ3n) is 4.39. The number of carbonyl (C=O) groups is 1. The van der Waals surface area contributed by atoms with Crippen molar-refractivity contribution in [3.8, 4) is 10.6 Å². The van der Waals surface area contributed by atoms with E-state index >= 15 is 0 Å². The Kier molecular flexibility index (Phi) is 7.22. The molecule has 2 atom stereocenters. The first kappa shape index (κ1) is 19.4. The van der Waals surface area contributed by atoms with Gasteiger partial charge >= 0.3 is 0 Å². The molecule has 3 rings (SSSR count). The summed E-state index contributed by atoms with van der Waals surface area (Å²) >= 11 is 3.43. The number of nitrogens with zero attached hydrogens (tertiary/aromatic N) is 1. The highest BCUT2D eigenvalue weighted by Gasteiger charge is 2.25. The Morgan fingerprint density at radius 2 is 2.25 bits per heavy atom. The van der Waals surface area contributed by atoms with Gasteiger partial charge in [-0.2, -0.15) is 0 Å². The van der Waals surface area contributed by atoms with Gasteiger partial charge in [0.25, 0.3) is 0 Å². The average molecular weight is 386 g/mol. The van der Waals surface area contributed by atoms with Crippen LogP contribution in [0.2, 0.25) is 0 Å². The molecule has 0 spiro atoms. The molecule has 1 aliphatic carbocycles. The Labute approximate surface area is 157 Å². The van der Waals surface area contributed by atoms with E-state index in [9.17, 15) is 4.79 Å². The Morgan fingerprint density at radius 1 is 1.42 bits per heavy atom. The Hall–Kier alpha value is -0.950. The van der Waals surface area contributed by atoms with Gasteiger partial charge in [0.1, 0.15) is 0 Å². The molecule has 132 valence electrons. The summed E-state index contributed by atoms with van der Waals surface area (Å²) in [4.78, 5) is 19.0. The zero-order valence-electron chi connectivity index (χ0n) is 13.8. The van der Waals surface area contributed by atoms with Gasteiger partial charge in [0.15, 0.2) is 0 Å². The lowest BCUT2D eigenvalue weighted by Crippen LogP contribution is -2.32. The summed E-state index contributed by atoms with van der Waals surface area (Å²) in [6, 6.07) is 4.46. The van der Waals surface area contributed by atoms with E-state index in [2.05, 4.69) is 27.8 Å². The molecule has 1 amide bonds. The second kappa shape index (κ2) is 8.94. The summed E-state index contributed by atoms with van der Waals surface area (Å²) in [7, 11) is 0. The zero-order valence-corrected chi connectivity index (χ0v) is 16.2. The third kappa shape index (κ3) is 5.02. The molecule has 0 unspecified atom stereocenters. The number of hydrogen-bond donors (Lipinski definition) is 2. The predicted octanol–water partition coefficient (Wildman–Crippen LogP) is 3.78. The van der Waals surface area contributed by atoms with Gasteiger partial charge in [0.05, 0.1) is 15.6 Å². The summed E-state index contributed by atoms with van der Waals surface area (Å²) in [5.41, 5.74) is 7.08. The van der Waals surface area contributed by atoms with Crippen molar-refractivity contribution < 1.29 is 4.79 Å². The fraction of sp³-hybridized carbons (Fsp3) is 0.529. The van der Waals surface area contributed by atoms with Gasteiger partial charge in [-0.15, -0.1) is 35.1 Å². The molecule has 2 aromatic heterocycles. The molecule has 2 aromatic rings. The molecule has 0 saturated heterocycles. The molecule has 3 N–H and O–H groups in total. The number of nitrogens with one attached hydrogen (secondary N) is 1. The fourth-order valence-electron chi connectivity index (χ4n) is 3.08. The number of nitrogens with two attached hydrogens (primary N) is 1. The molecule has 0 radical (unpaired) electrons. The van der Waals surface area contributed by atoms with Crippen LogP contribution in [-0.4, -0.2) is 23.5 Å². The largest absolute Gasteiger partial charge is 0.356 e. The van der Waals surface area contributed by atoms with E-state index in [1.807, 2.05) is 6.92 Å². The van der Waals surface area contributed by atoms with Crippen LogP contribution in [-0.2, 0) is 11.2 Å². The van der Waals surface area contributed by atoms with Gasteiger partial charge < -0.3 is 11.1 Å². The molecular weight excluding hydrogens is 362 g/mol. The second-order valence-electron chi connectivity index (χ2n) is 6.18. The number of halogens is 1. The quantitative estimate of drug-likeness (QED) is 0.795. The Balaban J connectivity index is 0.00000208. The highest BCUT2D eigenvalue weighted by molar-refractivity contribution is 7.16. The van der Waals surface area contributed by atoms with Gasteiger partial charge in [0.2, 0.25) is 5.91 Å². The van der Waals surface area contributed by atoms with Crippen LogP contribution in [0.5, 0.6) is 0 Å². The lowest BCUT2D eigenvalue weighted by Gasteiger charge is -2.14. The normalized spacial score (nSPS) is 19.9. The molecule has 0 aliphatic heterocycles. The molecule has 0 aromatic carbocycles. The van der Waals surface area contributed by atoms with Gasteiger partial charge in [-0.25, -0.2) is 4.98 Å². The maximum Gasteiger partial charge on any atom is 0.220 e. The summed E-state index contributed by atoms with van der Waals surface area (Å²) in [5.74, 6) is 0.510. The number of amides is 1. The molecule has 2 heterocycles. The second-order valence-corrected chi connectivity index (χ2v) is 8.41. The van der Waals surface area contributed by atoms with Crippen LogP contribution in [0.4, 0.5) is 0 Å². The number of rotatable bonds is 6. The molecule has 7 heteroatoms. The minimum atomic E-state index is 0. The predicted molar refractivity (Wildman–Crippen MR) is 104 cm³/mol. The van der Waals surface area contributed by atoms with Crippen LogP contribution >= 0.6 is 35.1 Å². The van der Waals surface area contributed by atoms with Crippen LogP contribution in [0.15, 0.2) is 17.5 Å². The van der Waals surface area contributed by atoms with E-state index in [0.717, 1.165) is 36.4 Å². The number of thiazole rings is 1. The van der Waals surface area contributed by atoms with Crippen LogP contribution < -0.4 is 11.1 Å². The summed E-state index contributed by atoms with van der Waals surface area (Å²) in [6.45, 7) is 2.71. The van der Waals surface area contributed by atoms with E-state index in [-0.39, 0.29) is 24.4 Å². The van der Waals surface area contributed by atoms with Gasteiger partial charge in [-0.3, -0.25) is 4.79 Å². The highest BCUT2D eigenvalue weighted by atomic mass is 35.5. The van der Waals surface area contributed by atoms with E-state index in [1.165, 1.54) is 9.75 Å². The van der Waals surface area contributed by atoms with Crippen molar-refractivity contribution in [2.45, 2.75) is 45.1 Å². The lowest BCUT2D eigenvalue weighted by molar-refractivity contribution is -0.122. The minimum absolute atomic E-state index is 0. The first-order valence-electron chi connectivity index (χ1n) is 8.15. The van der Waals surface area contributed by atoms with Crippen LogP contribution in [0.3, 0.4) is 0 Å². The number of thiophene rings is 1. The molecule has 1 aliphatic rings. The van der Waals surface area contributed by atoms with Crippen LogP contribution in [0.25, 0.3) is 10.6 Å². The summed E-state index contributed by atoms with van der Waals surface area (Å²) < 4.78 is 0. The molecule has 1 fully saturated rings. The Morgan fingerprint density at radius 3 is 2.92 bits per heavy atom. The van der Waals surface area contributed by atoms with Gasteiger partial charge in [0, 0.05) is 29.3 Å². The summed E-state index contributed by atoms with van der Waals surface area (Å²) in [6.07, 6.45) is 4.76. The lowest BCUT2D eigenvalue weighted by atomic mass is 10.00. The van der Waals surface area contributed by atoms with E-state index in [0.29, 0.717) is 18.9 Å². The number of aromatic nitrogens is 1. The maximum atomic E-state index is 12.0. The fourth-order valence-corrected chi connectivity index (χ4v) is 4.74. The SMILES string of the molecule is Cc1nc(-c2ccc(CCNC(=O)C[C@@H]3CCC[C@H]3N)s2)cs1.Cl. The van der Waals surface area contributed by atoms with Gasteiger partial charge in [-0.1, -0.05) is 6.42 Å². The molecule has 24 heavy (non-hydrogen) atoms. The van der Waals surface area contributed by atoms with Gasteiger partial charge in [-0.05, 0) is 44.2 Å². The first-order chi connectivity index (χ1) is 11.1. The van der Waals surface area contributed by atoms with Crippen molar-refractivity contribution in [3.05, 3.63) is 27.4 Å². The summed E-state index contributed by atoms with van der Waals surface area (Å²) in [5, 5.41) is 6.22. The average Bonchev–Trinajstić information content (AvgIpc) is 3.22. The monoisotopic (exact) mass is 385 g/mol. The highest BCUT2D eigenvalue weighted by Crippen LogP contribution is 2.29. The molecule has 4 nitrogen and oxygen atoms in total. The van der Waals surface area contributed by atoms with E-state index in [1.54, 1.807) is 22.7 Å². The Bertz CT molecular complexity index is 670. The smallest absolute Gasteiger partial charge is 0.220 e. The first-order valence-corrected chi connectivity index (χ1v) is 9.85. The number of hydrogen-bond acceptors (Lipinski definition) is 5. The molecular formula is C17H24ClN3OS2. The zero-order chi connectivity index (χ0) is 16.2. The van der Waals surface area contributed by atoms with E-state index in [4.69, 9.17) is 5.73 Å². The standard InChI is InChI=1S/C17H23N3OS2.ClH/c1-11-20-15(10-22-11)16-6-5-13(23-16)7-8-19-17(21)9-12-3-2-4-14(12)18;/h5-6,10,12,14H,2-4,7-9,18H2,1H3,(H,19,21);1H/t12-,14+;/m0./s1. The third-order valence-corrected chi connectivity index (χ3v) is 6.33. The van der Waals surface area contributed by atoms with Crippen molar-refractivity contribution in [1.82, 2.24) is 10.3 Å². The number of aryl methyl sites for hydroxylation is 1. The topological polar surface area (TPSA) is 68.0 Å². The van der Waals surface area contributed by atoms with Crippen molar-refractivity contribution in [1.29, 1.82) is 0 Å². The molecule has 0 bridgehead atoms. The van der Waals surface area contributed by atoms with Crippen LogP contribution in [0, 0.1) is 12.8 Å². The van der Waals surface area contributed by atoms with Crippen molar-refractivity contribution in [2.75, 3.05) is 6.54 Å². The van der Waals surface area contributed by atoms with Crippen molar-refractivity contribution >= 4 is 41.0 Å². The van der Waals surface area contributed by atoms with Crippen molar-refractivity contribution in [3.63, 3.8) is 0 Å². The van der Waals surface area contributed by atoms with Crippen LogP contribution in [0.1, 0.15) is 35.6 Å².